The number of fused-ring (bicyclic) bond motifs is 1. The first-order valence-corrected chi connectivity index (χ1v) is 8.44. The molecule has 0 amide bonds. The molecule has 5 nitrogen and oxygen atoms in total. The SMILES string of the molecule is COc1ccc(Cn2ncc3c(C)cc(=O)n(-c4ccccc4)c32)cc1. The first-order valence-electron chi connectivity index (χ1n) is 8.44. The molecule has 0 spiro atoms. The van der Waals surface area contributed by atoms with Gasteiger partial charge < -0.3 is 4.74 Å². The third-order valence-electron chi connectivity index (χ3n) is 4.51. The number of nitrogens with zero attached hydrogens (tertiary/aromatic N) is 3. The molecular weight excluding hydrogens is 326 g/mol. The molecule has 0 aliphatic rings. The van der Waals surface area contributed by atoms with Gasteiger partial charge in [0, 0.05) is 11.5 Å². The van der Waals surface area contributed by atoms with Crippen LogP contribution in [0.3, 0.4) is 0 Å². The Balaban J connectivity index is 1.89. The van der Waals surface area contributed by atoms with Crippen molar-refractivity contribution in [3.63, 3.8) is 0 Å². The fraction of sp³-hybridized carbons (Fsp3) is 0.143. The van der Waals surface area contributed by atoms with Crippen LogP contribution < -0.4 is 10.3 Å². The van der Waals surface area contributed by atoms with Crippen molar-refractivity contribution >= 4 is 11.0 Å². The van der Waals surface area contributed by atoms with Gasteiger partial charge >= 0.3 is 0 Å². The zero-order valence-electron chi connectivity index (χ0n) is 14.7. The molecule has 2 aromatic heterocycles. The highest BCUT2D eigenvalue weighted by Gasteiger charge is 2.14. The Labute approximate surface area is 151 Å². The van der Waals surface area contributed by atoms with Crippen LogP contribution in [-0.4, -0.2) is 21.5 Å². The molecule has 0 unspecified atom stereocenters. The van der Waals surface area contributed by atoms with E-state index in [9.17, 15) is 4.79 Å². The lowest BCUT2D eigenvalue weighted by Crippen LogP contribution is -2.20. The topological polar surface area (TPSA) is 49.1 Å². The molecule has 26 heavy (non-hydrogen) atoms. The molecule has 2 heterocycles. The number of aromatic nitrogens is 3. The number of ether oxygens (including phenoxy) is 1. The monoisotopic (exact) mass is 345 g/mol. The molecule has 0 atom stereocenters. The van der Waals surface area contributed by atoms with E-state index in [1.165, 1.54) is 0 Å². The van der Waals surface area contributed by atoms with Crippen LogP contribution in [0.1, 0.15) is 11.1 Å². The van der Waals surface area contributed by atoms with Gasteiger partial charge in [-0.1, -0.05) is 30.3 Å². The highest BCUT2D eigenvalue weighted by Crippen LogP contribution is 2.21. The largest absolute Gasteiger partial charge is 0.497 e. The Morgan fingerprint density at radius 1 is 1.04 bits per heavy atom. The third-order valence-corrected chi connectivity index (χ3v) is 4.51. The Morgan fingerprint density at radius 2 is 1.77 bits per heavy atom. The molecule has 2 aromatic carbocycles. The standard InChI is InChI=1S/C21H19N3O2/c1-15-12-20(25)24(17-6-4-3-5-7-17)21-19(15)13-22-23(21)14-16-8-10-18(26-2)11-9-16/h3-13H,14H2,1-2H3. The van der Waals surface area contributed by atoms with E-state index in [0.29, 0.717) is 6.54 Å². The summed E-state index contributed by atoms with van der Waals surface area (Å²) in [5.74, 6) is 0.816. The second-order valence-electron chi connectivity index (χ2n) is 6.22. The summed E-state index contributed by atoms with van der Waals surface area (Å²) < 4.78 is 8.81. The van der Waals surface area contributed by atoms with Crippen LogP contribution in [0, 0.1) is 6.92 Å². The number of methoxy groups -OCH3 is 1. The van der Waals surface area contributed by atoms with Crippen molar-refractivity contribution in [1.29, 1.82) is 0 Å². The maximum Gasteiger partial charge on any atom is 0.257 e. The van der Waals surface area contributed by atoms with E-state index >= 15 is 0 Å². The van der Waals surface area contributed by atoms with Crippen LogP contribution >= 0.6 is 0 Å². The van der Waals surface area contributed by atoms with E-state index in [-0.39, 0.29) is 5.56 Å². The summed E-state index contributed by atoms with van der Waals surface area (Å²) in [5, 5.41) is 5.52. The molecular formula is C21H19N3O2. The van der Waals surface area contributed by atoms with Crippen LogP contribution in [0.5, 0.6) is 5.75 Å². The van der Waals surface area contributed by atoms with Crippen LogP contribution in [0.15, 0.2) is 71.7 Å². The van der Waals surface area contributed by atoms with Crippen LogP contribution in [0.2, 0.25) is 0 Å². The van der Waals surface area contributed by atoms with Crippen molar-refractivity contribution in [3.05, 3.63) is 88.3 Å². The van der Waals surface area contributed by atoms with Crippen molar-refractivity contribution in [1.82, 2.24) is 14.3 Å². The minimum Gasteiger partial charge on any atom is -0.497 e. The summed E-state index contributed by atoms with van der Waals surface area (Å²) in [6.07, 6.45) is 1.83. The number of rotatable bonds is 4. The number of para-hydroxylation sites is 1. The Kier molecular flexibility index (Phi) is 4.05. The lowest BCUT2D eigenvalue weighted by atomic mass is 10.2. The summed E-state index contributed by atoms with van der Waals surface area (Å²) >= 11 is 0. The number of pyridine rings is 1. The van der Waals surface area contributed by atoms with Crippen LogP contribution in [0.25, 0.3) is 16.7 Å². The Hall–Kier alpha value is -3.34. The molecule has 0 saturated carbocycles. The Bertz CT molecular complexity index is 1110. The van der Waals surface area contributed by atoms with Gasteiger partial charge in [0.25, 0.3) is 5.56 Å². The zero-order valence-corrected chi connectivity index (χ0v) is 14.7. The number of hydrogen-bond acceptors (Lipinski definition) is 3. The first-order chi connectivity index (χ1) is 12.7. The fourth-order valence-electron chi connectivity index (χ4n) is 3.17. The third kappa shape index (κ3) is 2.77. The fourth-order valence-corrected chi connectivity index (χ4v) is 3.17. The van der Waals surface area contributed by atoms with E-state index in [0.717, 1.165) is 33.6 Å². The molecule has 0 radical (unpaired) electrons. The van der Waals surface area contributed by atoms with Gasteiger partial charge in [0.2, 0.25) is 0 Å². The summed E-state index contributed by atoms with van der Waals surface area (Å²) in [7, 11) is 1.65. The molecule has 0 fully saturated rings. The van der Waals surface area contributed by atoms with Crippen molar-refractivity contribution < 1.29 is 4.74 Å². The van der Waals surface area contributed by atoms with Gasteiger partial charge in [-0.3, -0.25) is 9.36 Å². The van der Waals surface area contributed by atoms with Gasteiger partial charge in [0.1, 0.15) is 11.4 Å². The van der Waals surface area contributed by atoms with E-state index < -0.39 is 0 Å². The van der Waals surface area contributed by atoms with Gasteiger partial charge in [-0.25, -0.2) is 4.68 Å². The predicted octanol–water partition coefficient (Wildman–Crippen LogP) is 3.55. The van der Waals surface area contributed by atoms with E-state index in [1.54, 1.807) is 17.7 Å². The summed E-state index contributed by atoms with van der Waals surface area (Å²) in [4.78, 5) is 12.7. The molecule has 0 aliphatic carbocycles. The van der Waals surface area contributed by atoms with E-state index in [4.69, 9.17) is 4.74 Å². The van der Waals surface area contributed by atoms with E-state index in [2.05, 4.69) is 5.10 Å². The maximum absolute atomic E-state index is 12.7. The summed E-state index contributed by atoms with van der Waals surface area (Å²) in [5.41, 5.74) is 3.59. The van der Waals surface area contributed by atoms with Gasteiger partial charge in [0.05, 0.1) is 25.5 Å². The van der Waals surface area contributed by atoms with Crippen LogP contribution in [0.4, 0.5) is 0 Å². The van der Waals surface area contributed by atoms with Crippen molar-refractivity contribution in [2.24, 2.45) is 0 Å². The normalized spacial score (nSPS) is 11.0. The minimum atomic E-state index is -0.0577. The smallest absolute Gasteiger partial charge is 0.257 e. The molecule has 4 aromatic rings. The second kappa shape index (κ2) is 6.52. The van der Waals surface area contributed by atoms with Gasteiger partial charge in [-0.15, -0.1) is 0 Å². The number of aryl methyl sites for hydroxylation is 1. The average Bonchev–Trinajstić information content (AvgIpc) is 3.07. The van der Waals surface area contributed by atoms with Crippen molar-refractivity contribution in [3.8, 4) is 11.4 Å². The van der Waals surface area contributed by atoms with Crippen LogP contribution in [-0.2, 0) is 6.54 Å². The Morgan fingerprint density at radius 3 is 2.46 bits per heavy atom. The highest BCUT2D eigenvalue weighted by atomic mass is 16.5. The molecule has 0 N–H and O–H groups in total. The molecule has 0 aliphatic heterocycles. The first kappa shape index (κ1) is 16.1. The molecule has 4 rings (SSSR count). The summed E-state index contributed by atoms with van der Waals surface area (Å²) in [6.45, 7) is 2.52. The van der Waals surface area contributed by atoms with Crippen molar-refractivity contribution in [2.75, 3.05) is 7.11 Å². The zero-order chi connectivity index (χ0) is 18.1. The number of benzene rings is 2. The van der Waals surface area contributed by atoms with Crippen molar-refractivity contribution in [2.45, 2.75) is 13.5 Å². The molecule has 0 bridgehead atoms. The molecule has 130 valence electrons. The van der Waals surface area contributed by atoms with E-state index in [1.807, 2.05) is 72.4 Å². The predicted molar refractivity (Wildman–Crippen MR) is 102 cm³/mol. The lowest BCUT2D eigenvalue weighted by molar-refractivity contribution is 0.414. The highest BCUT2D eigenvalue weighted by molar-refractivity contribution is 5.80. The molecule has 5 heteroatoms. The lowest BCUT2D eigenvalue weighted by Gasteiger charge is -2.12. The molecule has 0 saturated heterocycles. The van der Waals surface area contributed by atoms with Gasteiger partial charge in [0.15, 0.2) is 0 Å². The maximum atomic E-state index is 12.7. The van der Waals surface area contributed by atoms with Gasteiger partial charge in [-0.05, 0) is 42.3 Å². The summed E-state index contributed by atoms with van der Waals surface area (Å²) in [6, 6.07) is 19.2. The quantitative estimate of drug-likeness (QED) is 0.568. The second-order valence-corrected chi connectivity index (χ2v) is 6.22. The van der Waals surface area contributed by atoms with Gasteiger partial charge in [-0.2, -0.15) is 5.10 Å². The minimum absolute atomic E-state index is 0.0577. The number of hydrogen-bond donors (Lipinski definition) is 0. The average molecular weight is 345 g/mol.